The van der Waals surface area contributed by atoms with E-state index in [2.05, 4.69) is 5.10 Å². The van der Waals surface area contributed by atoms with Crippen molar-refractivity contribution in [3.05, 3.63) is 100 Å². The Hall–Kier alpha value is -2.63. The van der Waals surface area contributed by atoms with E-state index in [0.717, 1.165) is 28.0 Å². The Morgan fingerprint density at radius 1 is 0.897 bits per heavy atom. The van der Waals surface area contributed by atoms with Gasteiger partial charge >= 0.3 is 0 Å². The van der Waals surface area contributed by atoms with Crippen molar-refractivity contribution in [3.63, 3.8) is 0 Å². The molecule has 1 atom stereocenters. The number of hydrogen-bond acceptors (Lipinski definition) is 3. The third-order valence-corrected chi connectivity index (χ3v) is 7.13. The van der Waals surface area contributed by atoms with E-state index in [9.17, 15) is 8.42 Å². The molecular formula is C23H21ClN2O2S. The molecule has 6 heteroatoms. The van der Waals surface area contributed by atoms with Gasteiger partial charge in [0.2, 0.25) is 0 Å². The highest BCUT2D eigenvalue weighted by Crippen LogP contribution is 2.39. The highest BCUT2D eigenvalue weighted by molar-refractivity contribution is 7.89. The number of benzene rings is 3. The van der Waals surface area contributed by atoms with Gasteiger partial charge in [0.15, 0.2) is 0 Å². The molecule has 4 rings (SSSR count). The minimum atomic E-state index is -3.83. The largest absolute Gasteiger partial charge is 0.279 e. The summed E-state index contributed by atoms with van der Waals surface area (Å²) in [6.07, 6.45) is 0.456. The Labute approximate surface area is 176 Å². The Morgan fingerprint density at radius 2 is 1.48 bits per heavy atom. The van der Waals surface area contributed by atoms with E-state index >= 15 is 0 Å². The summed E-state index contributed by atoms with van der Waals surface area (Å²) >= 11 is 6.43. The third-order valence-electron chi connectivity index (χ3n) is 5.09. The molecule has 0 fully saturated rings. The molecule has 1 aliphatic rings. The quantitative estimate of drug-likeness (QED) is 0.555. The van der Waals surface area contributed by atoms with Crippen molar-refractivity contribution in [3.8, 4) is 0 Å². The third kappa shape index (κ3) is 3.80. The predicted molar refractivity (Wildman–Crippen MR) is 117 cm³/mol. The van der Waals surface area contributed by atoms with Gasteiger partial charge < -0.3 is 0 Å². The molecule has 0 bridgehead atoms. The highest BCUT2D eigenvalue weighted by Gasteiger charge is 2.38. The fraction of sp³-hybridized carbons (Fsp3) is 0.174. The van der Waals surface area contributed by atoms with Crippen LogP contribution in [0.4, 0.5) is 0 Å². The van der Waals surface area contributed by atoms with Gasteiger partial charge in [-0.15, -0.1) is 0 Å². The van der Waals surface area contributed by atoms with Gasteiger partial charge in [-0.3, -0.25) is 0 Å². The lowest BCUT2D eigenvalue weighted by atomic mass is 9.98. The number of sulfonamides is 1. The van der Waals surface area contributed by atoms with Crippen molar-refractivity contribution in [2.45, 2.75) is 31.2 Å². The highest BCUT2D eigenvalue weighted by atomic mass is 35.5. The van der Waals surface area contributed by atoms with Gasteiger partial charge in [-0.1, -0.05) is 77.3 Å². The Balaban J connectivity index is 1.82. The van der Waals surface area contributed by atoms with E-state index in [1.54, 1.807) is 30.3 Å². The van der Waals surface area contributed by atoms with Crippen LogP contribution in [0.2, 0.25) is 5.02 Å². The maximum atomic E-state index is 13.4. The number of rotatable bonds is 4. The summed E-state index contributed by atoms with van der Waals surface area (Å²) < 4.78 is 28.1. The fourth-order valence-corrected chi connectivity index (χ4v) is 5.11. The first-order valence-corrected chi connectivity index (χ1v) is 11.2. The number of nitrogens with zero attached hydrogens (tertiary/aromatic N) is 2. The van der Waals surface area contributed by atoms with Gasteiger partial charge in [0.1, 0.15) is 0 Å². The fourth-order valence-electron chi connectivity index (χ4n) is 3.43. The molecule has 29 heavy (non-hydrogen) atoms. The second kappa shape index (κ2) is 7.65. The standard InChI is InChI=1S/C23H21ClN2O2S/c1-16-7-11-18(12-8-16)22-15-23(20-5-3-4-6-21(20)24)26(25-22)29(27,28)19-13-9-17(2)10-14-19/h3-14,23H,15H2,1-2H3. The van der Waals surface area contributed by atoms with Crippen LogP contribution in [-0.2, 0) is 10.0 Å². The zero-order valence-corrected chi connectivity index (χ0v) is 17.8. The summed E-state index contributed by atoms with van der Waals surface area (Å²) in [6, 6.07) is 21.6. The van der Waals surface area contributed by atoms with Gasteiger partial charge in [-0.05, 0) is 43.2 Å². The summed E-state index contributed by atoms with van der Waals surface area (Å²) in [4.78, 5) is 0.217. The molecule has 0 saturated carbocycles. The van der Waals surface area contributed by atoms with Gasteiger partial charge in [0.25, 0.3) is 10.0 Å². The van der Waals surface area contributed by atoms with Crippen LogP contribution in [0.25, 0.3) is 0 Å². The first-order chi connectivity index (χ1) is 13.9. The second-order valence-electron chi connectivity index (χ2n) is 7.24. The van der Waals surface area contributed by atoms with E-state index in [1.807, 2.05) is 56.3 Å². The maximum Gasteiger partial charge on any atom is 0.279 e. The number of hydrazone groups is 1. The summed E-state index contributed by atoms with van der Waals surface area (Å²) in [7, 11) is -3.83. The minimum Gasteiger partial charge on any atom is -0.200 e. The van der Waals surface area contributed by atoms with Gasteiger partial charge in [0.05, 0.1) is 16.6 Å². The maximum absolute atomic E-state index is 13.4. The Morgan fingerprint density at radius 3 is 2.10 bits per heavy atom. The zero-order chi connectivity index (χ0) is 20.6. The first-order valence-electron chi connectivity index (χ1n) is 9.36. The van der Waals surface area contributed by atoms with Crippen LogP contribution in [0.3, 0.4) is 0 Å². The van der Waals surface area contributed by atoms with Crippen LogP contribution in [-0.4, -0.2) is 18.5 Å². The summed E-state index contributed by atoms with van der Waals surface area (Å²) in [5.41, 5.74) is 4.52. The number of hydrogen-bond donors (Lipinski definition) is 0. The molecule has 0 N–H and O–H groups in total. The van der Waals surface area contributed by atoms with Crippen LogP contribution in [0.1, 0.15) is 34.7 Å². The summed E-state index contributed by atoms with van der Waals surface area (Å²) in [5.74, 6) is 0. The number of halogens is 1. The molecule has 0 aromatic heterocycles. The Bertz CT molecular complexity index is 1170. The molecule has 1 aliphatic heterocycles. The molecule has 0 spiro atoms. The van der Waals surface area contributed by atoms with Crippen molar-refractivity contribution in [2.75, 3.05) is 0 Å². The molecule has 0 radical (unpaired) electrons. The van der Waals surface area contributed by atoms with Crippen LogP contribution >= 0.6 is 11.6 Å². The normalized spacial score (nSPS) is 16.7. The van der Waals surface area contributed by atoms with Crippen molar-refractivity contribution in [1.82, 2.24) is 4.41 Å². The molecule has 3 aromatic carbocycles. The monoisotopic (exact) mass is 424 g/mol. The van der Waals surface area contributed by atoms with Crippen LogP contribution < -0.4 is 0 Å². The Kier molecular flexibility index (Phi) is 5.19. The van der Waals surface area contributed by atoms with Crippen molar-refractivity contribution < 1.29 is 8.42 Å². The summed E-state index contributed by atoms with van der Waals surface area (Å²) in [6.45, 7) is 3.94. The van der Waals surface area contributed by atoms with E-state index in [0.29, 0.717) is 11.4 Å². The molecular weight excluding hydrogens is 404 g/mol. The van der Waals surface area contributed by atoms with Crippen LogP contribution in [0, 0.1) is 13.8 Å². The molecule has 3 aromatic rings. The van der Waals surface area contributed by atoms with Gasteiger partial charge in [-0.2, -0.15) is 17.9 Å². The average Bonchev–Trinajstić information content (AvgIpc) is 3.15. The lowest BCUT2D eigenvalue weighted by Gasteiger charge is -2.24. The summed E-state index contributed by atoms with van der Waals surface area (Å²) in [5, 5.41) is 5.09. The average molecular weight is 425 g/mol. The molecule has 148 valence electrons. The zero-order valence-electron chi connectivity index (χ0n) is 16.2. The van der Waals surface area contributed by atoms with E-state index in [1.165, 1.54) is 4.41 Å². The van der Waals surface area contributed by atoms with Crippen molar-refractivity contribution in [1.29, 1.82) is 0 Å². The minimum absolute atomic E-state index is 0.217. The second-order valence-corrected chi connectivity index (χ2v) is 9.45. The predicted octanol–water partition coefficient (Wildman–Crippen LogP) is 5.50. The van der Waals surface area contributed by atoms with E-state index in [-0.39, 0.29) is 4.90 Å². The van der Waals surface area contributed by atoms with E-state index < -0.39 is 16.1 Å². The topological polar surface area (TPSA) is 49.7 Å². The smallest absolute Gasteiger partial charge is 0.200 e. The van der Waals surface area contributed by atoms with Crippen LogP contribution in [0.15, 0.2) is 82.8 Å². The van der Waals surface area contributed by atoms with Crippen molar-refractivity contribution in [2.24, 2.45) is 5.10 Å². The van der Waals surface area contributed by atoms with Crippen molar-refractivity contribution >= 4 is 27.3 Å². The first kappa shape index (κ1) is 19.7. The lowest BCUT2D eigenvalue weighted by Crippen LogP contribution is -2.27. The lowest BCUT2D eigenvalue weighted by molar-refractivity contribution is 0.371. The number of aryl methyl sites for hydroxylation is 2. The molecule has 1 heterocycles. The molecule has 1 unspecified atom stereocenters. The SMILES string of the molecule is Cc1ccc(C2=NN(S(=O)(=O)c3ccc(C)cc3)C(c3ccccc3Cl)C2)cc1. The molecule has 0 amide bonds. The van der Waals surface area contributed by atoms with E-state index in [4.69, 9.17) is 11.6 Å². The van der Waals surface area contributed by atoms with Gasteiger partial charge in [-0.25, -0.2) is 0 Å². The van der Waals surface area contributed by atoms with Crippen LogP contribution in [0.5, 0.6) is 0 Å². The molecule has 4 nitrogen and oxygen atoms in total. The molecule has 0 saturated heterocycles. The molecule has 0 aliphatic carbocycles. The van der Waals surface area contributed by atoms with Gasteiger partial charge in [0, 0.05) is 11.4 Å².